The van der Waals surface area contributed by atoms with Crippen molar-refractivity contribution in [2.75, 3.05) is 0 Å². The summed E-state index contributed by atoms with van der Waals surface area (Å²) in [4.78, 5) is 0. The van der Waals surface area contributed by atoms with Gasteiger partial charge in [0.2, 0.25) is 0 Å². The van der Waals surface area contributed by atoms with E-state index in [-0.39, 0.29) is 0 Å². The van der Waals surface area contributed by atoms with Gasteiger partial charge in [-0.2, -0.15) is 0 Å². The Morgan fingerprint density at radius 1 is 1.29 bits per heavy atom. The molecule has 0 aliphatic heterocycles. The molecule has 1 aromatic carbocycles. The maximum atomic E-state index is 5.92. The van der Waals surface area contributed by atoms with E-state index in [0.717, 1.165) is 10.9 Å². The highest BCUT2D eigenvalue weighted by Crippen LogP contribution is 2.31. The van der Waals surface area contributed by atoms with Crippen LogP contribution in [0.4, 0.5) is 0 Å². The monoisotopic (exact) mass is 209 g/mol. The zero-order valence-electron chi connectivity index (χ0n) is 8.30. The zero-order valence-corrected chi connectivity index (χ0v) is 9.06. The summed E-state index contributed by atoms with van der Waals surface area (Å²) in [7, 11) is 0. The van der Waals surface area contributed by atoms with Gasteiger partial charge in [0.15, 0.2) is 0 Å². The van der Waals surface area contributed by atoms with Crippen molar-refractivity contribution in [3.63, 3.8) is 0 Å². The topological polar surface area (TPSA) is 26.0 Å². The Balaban J connectivity index is 2.14. The summed E-state index contributed by atoms with van der Waals surface area (Å²) in [5.74, 6) is 0.890. The van der Waals surface area contributed by atoms with E-state index in [2.05, 4.69) is 6.07 Å². The van der Waals surface area contributed by atoms with Crippen LogP contribution in [-0.2, 0) is 13.0 Å². The summed E-state index contributed by atoms with van der Waals surface area (Å²) in [6, 6.07) is 6.09. The first-order valence-electron chi connectivity index (χ1n) is 5.27. The third kappa shape index (κ3) is 2.10. The third-order valence-corrected chi connectivity index (χ3v) is 3.36. The van der Waals surface area contributed by atoms with Crippen molar-refractivity contribution < 1.29 is 0 Å². The molecule has 2 N–H and O–H groups in total. The normalized spacial score (nSPS) is 16.7. The van der Waals surface area contributed by atoms with Crippen LogP contribution in [0.25, 0.3) is 0 Å². The lowest BCUT2D eigenvalue weighted by Crippen LogP contribution is -2.15. The smallest absolute Gasteiger partial charge is 0.0409 e. The fourth-order valence-corrected chi connectivity index (χ4v) is 2.19. The van der Waals surface area contributed by atoms with E-state index in [9.17, 15) is 0 Å². The van der Waals surface area contributed by atoms with Crippen LogP contribution in [0, 0.1) is 5.92 Å². The summed E-state index contributed by atoms with van der Waals surface area (Å²) in [5, 5.41) is 0.794. The predicted octanol–water partition coefficient (Wildman–Crippen LogP) is 3.14. The van der Waals surface area contributed by atoms with Crippen LogP contribution in [0.15, 0.2) is 18.2 Å². The summed E-state index contributed by atoms with van der Waals surface area (Å²) in [5.41, 5.74) is 8.30. The second-order valence-corrected chi connectivity index (χ2v) is 4.55. The van der Waals surface area contributed by atoms with E-state index in [1.807, 2.05) is 12.1 Å². The van der Waals surface area contributed by atoms with Crippen LogP contribution in [0.3, 0.4) is 0 Å². The van der Waals surface area contributed by atoms with E-state index >= 15 is 0 Å². The van der Waals surface area contributed by atoms with Crippen LogP contribution in [0.2, 0.25) is 5.02 Å². The van der Waals surface area contributed by atoms with Crippen molar-refractivity contribution in [2.24, 2.45) is 11.7 Å². The van der Waals surface area contributed by atoms with Gasteiger partial charge in [-0.05, 0) is 35.6 Å². The van der Waals surface area contributed by atoms with Gasteiger partial charge in [0.25, 0.3) is 0 Å². The number of hydrogen-bond donors (Lipinski definition) is 1. The van der Waals surface area contributed by atoms with Gasteiger partial charge in [0.05, 0.1) is 0 Å². The molecule has 0 spiro atoms. The van der Waals surface area contributed by atoms with Gasteiger partial charge >= 0.3 is 0 Å². The number of nitrogens with two attached hydrogens (primary N) is 1. The third-order valence-electron chi connectivity index (χ3n) is 3.12. The van der Waals surface area contributed by atoms with Crippen LogP contribution >= 0.6 is 11.6 Å². The minimum atomic E-state index is 0.600. The van der Waals surface area contributed by atoms with Gasteiger partial charge in [-0.15, -0.1) is 0 Å². The minimum Gasteiger partial charge on any atom is -0.326 e. The summed E-state index contributed by atoms with van der Waals surface area (Å²) in [6.07, 6.45) is 5.35. The van der Waals surface area contributed by atoms with E-state index in [1.165, 1.54) is 36.8 Å². The van der Waals surface area contributed by atoms with Crippen LogP contribution in [0.1, 0.15) is 30.4 Å². The van der Waals surface area contributed by atoms with Crippen LogP contribution < -0.4 is 5.73 Å². The highest BCUT2D eigenvalue weighted by molar-refractivity contribution is 6.30. The van der Waals surface area contributed by atoms with E-state index < -0.39 is 0 Å². The first-order chi connectivity index (χ1) is 6.79. The molecule has 0 radical (unpaired) electrons. The predicted molar refractivity (Wildman–Crippen MR) is 60.4 cm³/mol. The Hall–Kier alpha value is -0.530. The molecule has 0 saturated heterocycles. The Kier molecular flexibility index (Phi) is 3.09. The molecule has 1 fully saturated rings. The largest absolute Gasteiger partial charge is 0.326 e. The van der Waals surface area contributed by atoms with Gasteiger partial charge in [-0.1, -0.05) is 36.9 Å². The molecule has 1 nitrogen and oxygen atoms in total. The van der Waals surface area contributed by atoms with Crippen molar-refractivity contribution in [1.82, 2.24) is 0 Å². The first kappa shape index (κ1) is 10.0. The van der Waals surface area contributed by atoms with Crippen molar-refractivity contribution in [3.8, 4) is 0 Å². The maximum Gasteiger partial charge on any atom is 0.0409 e. The summed E-state index contributed by atoms with van der Waals surface area (Å²) >= 11 is 5.92. The molecule has 2 heteroatoms. The number of hydrogen-bond acceptors (Lipinski definition) is 1. The summed E-state index contributed by atoms with van der Waals surface area (Å²) < 4.78 is 0. The fraction of sp³-hybridized carbons (Fsp3) is 0.500. The number of benzene rings is 1. The van der Waals surface area contributed by atoms with Crippen molar-refractivity contribution >= 4 is 11.6 Å². The molecule has 1 saturated carbocycles. The van der Waals surface area contributed by atoms with Crippen LogP contribution in [0.5, 0.6) is 0 Å². The quantitative estimate of drug-likeness (QED) is 0.814. The van der Waals surface area contributed by atoms with E-state index in [4.69, 9.17) is 17.3 Å². The van der Waals surface area contributed by atoms with Crippen LogP contribution in [-0.4, -0.2) is 0 Å². The molecule has 0 heterocycles. The highest BCUT2D eigenvalue weighted by Gasteiger charge is 2.18. The second-order valence-electron chi connectivity index (χ2n) is 4.12. The summed E-state index contributed by atoms with van der Waals surface area (Å²) in [6.45, 7) is 0.600. The molecule has 14 heavy (non-hydrogen) atoms. The van der Waals surface area contributed by atoms with Gasteiger partial charge in [0.1, 0.15) is 0 Å². The molecule has 0 amide bonds. The van der Waals surface area contributed by atoms with Gasteiger partial charge < -0.3 is 5.73 Å². The molecule has 1 aromatic rings. The highest BCUT2D eigenvalue weighted by atomic mass is 35.5. The van der Waals surface area contributed by atoms with Gasteiger partial charge in [-0.25, -0.2) is 0 Å². The molecular formula is C12H16ClN. The van der Waals surface area contributed by atoms with E-state index in [0.29, 0.717) is 6.54 Å². The number of rotatable bonds is 3. The zero-order chi connectivity index (χ0) is 9.97. The molecule has 1 aliphatic carbocycles. The molecule has 76 valence electrons. The van der Waals surface area contributed by atoms with Crippen molar-refractivity contribution in [2.45, 2.75) is 32.2 Å². The van der Waals surface area contributed by atoms with Gasteiger partial charge in [-0.3, -0.25) is 0 Å². The Morgan fingerprint density at radius 2 is 2.07 bits per heavy atom. The molecule has 1 aliphatic rings. The second kappa shape index (κ2) is 4.33. The minimum absolute atomic E-state index is 0.600. The molecule has 0 bridgehead atoms. The standard InChI is InChI=1S/C12H16ClN/c13-12-5-4-10(11(7-12)8-14)6-9-2-1-3-9/h4-5,7,9H,1-3,6,8,14H2. The Labute approximate surface area is 90.3 Å². The first-order valence-corrected chi connectivity index (χ1v) is 5.65. The molecule has 0 aromatic heterocycles. The Morgan fingerprint density at radius 3 is 2.64 bits per heavy atom. The number of halogens is 1. The molecule has 0 unspecified atom stereocenters. The Bertz CT molecular complexity index is 318. The molecule has 2 rings (SSSR count). The van der Waals surface area contributed by atoms with Gasteiger partial charge in [0, 0.05) is 11.6 Å². The molecule has 0 atom stereocenters. The van der Waals surface area contributed by atoms with E-state index in [1.54, 1.807) is 0 Å². The average Bonchev–Trinajstić information content (AvgIpc) is 2.13. The lowest BCUT2D eigenvalue weighted by Gasteiger charge is -2.26. The fourth-order valence-electron chi connectivity index (χ4n) is 1.99. The lowest BCUT2D eigenvalue weighted by atomic mass is 9.80. The average molecular weight is 210 g/mol. The van der Waals surface area contributed by atoms with Crippen molar-refractivity contribution in [3.05, 3.63) is 34.3 Å². The maximum absolute atomic E-state index is 5.92. The SMILES string of the molecule is NCc1cc(Cl)ccc1CC1CCC1. The van der Waals surface area contributed by atoms with Crippen molar-refractivity contribution in [1.29, 1.82) is 0 Å². The molecular weight excluding hydrogens is 194 g/mol. The lowest BCUT2D eigenvalue weighted by molar-refractivity contribution is 0.314.